The number of rotatable bonds is 6. The first-order valence-electron chi connectivity index (χ1n) is 10.2. The second kappa shape index (κ2) is 9.94. The Balaban J connectivity index is 1.17. The Kier molecular flexibility index (Phi) is 7.03. The van der Waals surface area contributed by atoms with Crippen molar-refractivity contribution in [2.24, 2.45) is 0 Å². The molecule has 2 aromatic carbocycles. The van der Waals surface area contributed by atoms with Gasteiger partial charge in [-0.15, -0.1) is 0 Å². The molecule has 1 unspecified atom stereocenters. The molecule has 0 aliphatic carbocycles. The summed E-state index contributed by atoms with van der Waals surface area (Å²) in [5, 5.41) is 5.34. The number of halogens is 3. The van der Waals surface area contributed by atoms with E-state index >= 15 is 0 Å². The minimum Gasteiger partial charge on any atom is -0.484 e. The van der Waals surface area contributed by atoms with Gasteiger partial charge in [-0.1, -0.05) is 23.2 Å². The second-order valence-electron chi connectivity index (χ2n) is 7.73. The van der Waals surface area contributed by atoms with E-state index in [2.05, 4.69) is 10.7 Å². The summed E-state index contributed by atoms with van der Waals surface area (Å²) in [6.07, 6.45) is 1.23. The van der Waals surface area contributed by atoms with E-state index in [4.69, 9.17) is 32.7 Å². The molecule has 0 bridgehead atoms. The van der Waals surface area contributed by atoms with Gasteiger partial charge < -0.3 is 14.8 Å². The largest absolute Gasteiger partial charge is 0.484 e. The fraction of sp³-hybridized carbons (Fsp3) is 0.364. The molecule has 0 aromatic heterocycles. The van der Waals surface area contributed by atoms with Crippen molar-refractivity contribution in [2.75, 3.05) is 19.7 Å². The number of ether oxygens (including phenoxy) is 2. The first-order chi connectivity index (χ1) is 15.4. The van der Waals surface area contributed by atoms with Gasteiger partial charge >= 0.3 is 0 Å². The van der Waals surface area contributed by atoms with E-state index in [0.29, 0.717) is 43.1 Å². The zero-order valence-electron chi connectivity index (χ0n) is 17.1. The highest BCUT2D eigenvalue weighted by Gasteiger charge is 2.31. The summed E-state index contributed by atoms with van der Waals surface area (Å²) in [7, 11) is 0. The number of nitrogens with one attached hydrogen (secondary N) is 2. The predicted octanol–water partition coefficient (Wildman–Crippen LogP) is 3.13. The molecule has 2 aliphatic rings. The van der Waals surface area contributed by atoms with Crippen LogP contribution in [-0.4, -0.2) is 48.7 Å². The molecule has 2 heterocycles. The normalized spacial score (nSPS) is 18.5. The maximum absolute atomic E-state index is 13.4. The van der Waals surface area contributed by atoms with Crippen molar-refractivity contribution >= 4 is 35.0 Å². The van der Waals surface area contributed by atoms with Gasteiger partial charge in [0.25, 0.3) is 11.8 Å². The number of nitrogens with zero attached hydrogens (tertiary/aromatic N) is 1. The average molecular weight is 482 g/mol. The SMILES string of the molecule is O=C(COc1ccc(Cl)c(F)c1)NC1CCN(NC(=O)C2Cc3cc(Cl)ccc3O2)CC1. The first-order valence-corrected chi connectivity index (χ1v) is 11.0. The van der Waals surface area contributed by atoms with Crippen LogP contribution in [0.15, 0.2) is 36.4 Å². The molecule has 32 heavy (non-hydrogen) atoms. The molecule has 1 fully saturated rings. The molecule has 2 N–H and O–H groups in total. The number of benzene rings is 2. The molecular formula is C22H22Cl2FN3O4. The third-order valence-corrected chi connectivity index (χ3v) is 5.92. The van der Waals surface area contributed by atoms with Crippen LogP contribution in [0.1, 0.15) is 18.4 Å². The minimum atomic E-state index is -0.602. The number of hydrogen-bond donors (Lipinski definition) is 2. The molecule has 2 aliphatic heterocycles. The molecule has 2 aromatic rings. The highest BCUT2D eigenvalue weighted by Crippen LogP contribution is 2.31. The van der Waals surface area contributed by atoms with Crippen LogP contribution in [0.25, 0.3) is 0 Å². The molecule has 170 valence electrons. The number of fused-ring (bicyclic) bond motifs is 1. The number of carbonyl (C=O) groups excluding carboxylic acids is 2. The van der Waals surface area contributed by atoms with E-state index in [1.54, 1.807) is 12.1 Å². The Bertz CT molecular complexity index is 1010. The first kappa shape index (κ1) is 22.6. The smallest absolute Gasteiger partial charge is 0.275 e. The quantitative estimate of drug-likeness (QED) is 0.662. The predicted molar refractivity (Wildman–Crippen MR) is 117 cm³/mol. The van der Waals surface area contributed by atoms with Crippen molar-refractivity contribution in [2.45, 2.75) is 31.4 Å². The average Bonchev–Trinajstić information content (AvgIpc) is 3.19. The lowest BCUT2D eigenvalue weighted by molar-refractivity contribution is -0.133. The van der Waals surface area contributed by atoms with Crippen LogP contribution in [0.5, 0.6) is 11.5 Å². The molecular weight excluding hydrogens is 460 g/mol. The fourth-order valence-electron chi connectivity index (χ4n) is 3.71. The fourth-order valence-corrected chi connectivity index (χ4v) is 4.02. The van der Waals surface area contributed by atoms with Crippen molar-refractivity contribution in [3.8, 4) is 11.5 Å². The summed E-state index contributed by atoms with van der Waals surface area (Å²) in [6, 6.07) is 9.30. The minimum absolute atomic E-state index is 0.00548. The number of carbonyl (C=O) groups is 2. The van der Waals surface area contributed by atoms with Crippen molar-refractivity contribution < 1.29 is 23.5 Å². The molecule has 10 heteroatoms. The van der Waals surface area contributed by atoms with E-state index in [-0.39, 0.29) is 35.2 Å². The maximum atomic E-state index is 13.4. The van der Waals surface area contributed by atoms with Gasteiger partial charge in [0.1, 0.15) is 17.3 Å². The van der Waals surface area contributed by atoms with Crippen LogP contribution < -0.4 is 20.2 Å². The van der Waals surface area contributed by atoms with Crippen LogP contribution in [0.2, 0.25) is 10.0 Å². The third-order valence-electron chi connectivity index (χ3n) is 5.38. The van der Waals surface area contributed by atoms with Crippen LogP contribution in [0.4, 0.5) is 4.39 Å². The number of hydrazine groups is 1. The van der Waals surface area contributed by atoms with Crippen molar-refractivity contribution in [3.05, 3.63) is 57.8 Å². The summed E-state index contributed by atoms with van der Waals surface area (Å²) in [5.41, 5.74) is 3.81. The highest BCUT2D eigenvalue weighted by atomic mass is 35.5. The third kappa shape index (κ3) is 5.62. The molecule has 2 amide bonds. The monoisotopic (exact) mass is 481 g/mol. The van der Waals surface area contributed by atoms with E-state index in [0.717, 1.165) is 11.6 Å². The van der Waals surface area contributed by atoms with Gasteiger partial charge in [0.05, 0.1) is 5.02 Å². The lowest BCUT2D eigenvalue weighted by Crippen LogP contribution is -2.54. The Morgan fingerprint density at radius 3 is 2.69 bits per heavy atom. The zero-order valence-corrected chi connectivity index (χ0v) is 18.6. The van der Waals surface area contributed by atoms with Gasteiger partial charge in [-0.25, -0.2) is 9.40 Å². The number of piperidine rings is 1. The standard InChI is InChI=1S/C22H22Cl2FN3O4/c23-14-1-4-19-13(9-14)10-20(32-19)22(30)27-28-7-5-15(6-8-28)26-21(29)12-31-16-2-3-17(24)18(25)11-16/h1-4,9,11,15,20H,5-8,10,12H2,(H,26,29)(H,27,30). The molecule has 0 radical (unpaired) electrons. The molecule has 7 nitrogen and oxygen atoms in total. The van der Waals surface area contributed by atoms with E-state index in [9.17, 15) is 14.0 Å². The Labute approximate surface area is 194 Å². The van der Waals surface area contributed by atoms with Gasteiger partial charge in [0, 0.05) is 36.6 Å². The second-order valence-corrected chi connectivity index (χ2v) is 8.58. The summed E-state index contributed by atoms with van der Waals surface area (Å²) < 4.78 is 24.5. The van der Waals surface area contributed by atoms with Gasteiger partial charge in [0.2, 0.25) is 0 Å². The summed E-state index contributed by atoms with van der Waals surface area (Å²) in [6.45, 7) is 0.957. The van der Waals surface area contributed by atoms with Gasteiger partial charge in [-0.3, -0.25) is 15.0 Å². The van der Waals surface area contributed by atoms with Gasteiger partial charge in [-0.2, -0.15) is 0 Å². The lowest BCUT2D eigenvalue weighted by Gasteiger charge is -2.32. The Hall–Kier alpha value is -2.55. The van der Waals surface area contributed by atoms with Crippen LogP contribution in [0, 0.1) is 5.82 Å². The van der Waals surface area contributed by atoms with Crippen molar-refractivity contribution in [1.29, 1.82) is 0 Å². The van der Waals surface area contributed by atoms with Crippen LogP contribution in [-0.2, 0) is 16.0 Å². The summed E-state index contributed by atoms with van der Waals surface area (Å²) in [4.78, 5) is 24.7. The van der Waals surface area contributed by atoms with Crippen molar-refractivity contribution in [1.82, 2.24) is 15.8 Å². The topological polar surface area (TPSA) is 79.9 Å². The number of amides is 2. The van der Waals surface area contributed by atoms with Crippen LogP contribution >= 0.6 is 23.2 Å². The van der Waals surface area contributed by atoms with E-state index in [1.807, 2.05) is 11.1 Å². The molecule has 4 rings (SSSR count). The molecule has 0 spiro atoms. The zero-order chi connectivity index (χ0) is 22.7. The van der Waals surface area contributed by atoms with Crippen molar-refractivity contribution in [3.63, 3.8) is 0 Å². The van der Waals surface area contributed by atoms with Gasteiger partial charge in [-0.05, 0) is 48.7 Å². The Morgan fingerprint density at radius 1 is 1.16 bits per heavy atom. The van der Waals surface area contributed by atoms with E-state index < -0.39 is 11.9 Å². The lowest BCUT2D eigenvalue weighted by atomic mass is 10.1. The maximum Gasteiger partial charge on any atom is 0.275 e. The highest BCUT2D eigenvalue weighted by molar-refractivity contribution is 6.31. The molecule has 1 saturated heterocycles. The summed E-state index contributed by atoms with van der Waals surface area (Å²) in [5.74, 6) is -0.186. The number of hydrogen-bond acceptors (Lipinski definition) is 5. The summed E-state index contributed by atoms with van der Waals surface area (Å²) >= 11 is 11.6. The van der Waals surface area contributed by atoms with E-state index in [1.165, 1.54) is 12.1 Å². The molecule has 1 atom stereocenters. The molecule has 0 saturated carbocycles. The Morgan fingerprint density at radius 2 is 1.94 bits per heavy atom. The van der Waals surface area contributed by atoms with Gasteiger partial charge in [0.15, 0.2) is 12.7 Å². The van der Waals surface area contributed by atoms with Crippen LogP contribution in [0.3, 0.4) is 0 Å².